The number of halogens is 2. The molecule has 5 heteroatoms. The molecule has 4 saturated carbocycles. The molecule has 32 heavy (non-hydrogen) atoms. The maximum Gasteiger partial charge on any atom is 0.180 e. The van der Waals surface area contributed by atoms with Gasteiger partial charge in [0, 0.05) is 23.2 Å². The van der Waals surface area contributed by atoms with Gasteiger partial charge in [-0.05, 0) is 92.4 Å². The Balaban J connectivity index is 1.25. The zero-order chi connectivity index (χ0) is 22.3. The third-order valence-corrected chi connectivity index (χ3v) is 8.89. The fourth-order valence-electron chi connectivity index (χ4n) is 6.98. The first kappa shape index (κ1) is 22.4. The van der Waals surface area contributed by atoms with Gasteiger partial charge in [-0.1, -0.05) is 41.4 Å². The zero-order valence-corrected chi connectivity index (χ0v) is 20.5. The second kappa shape index (κ2) is 9.08. The first-order chi connectivity index (χ1) is 15.5. The van der Waals surface area contributed by atoms with Crippen molar-refractivity contribution in [3.05, 3.63) is 57.6 Å². The fourth-order valence-corrected chi connectivity index (χ4v) is 7.45. The molecule has 6 rings (SSSR count). The van der Waals surface area contributed by atoms with E-state index in [0.717, 1.165) is 35.4 Å². The summed E-state index contributed by atoms with van der Waals surface area (Å²) in [5, 5.41) is 5.09. The smallest absolute Gasteiger partial charge is 0.180 e. The Labute approximate surface area is 201 Å². The van der Waals surface area contributed by atoms with Crippen molar-refractivity contribution in [3.63, 3.8) is 0 Å². The minimum Gasteiger partial charge on any atom is -0.493 e. The fraction of sp³-hybridized carbons (Fsp3) is 0.556. The highest BCUT2D eigenvalue weighted by molar-refractivity contribution is 6.32. The molecule has 4 aliphatic rings. The van der Waals surface area contributed by atoms with Crippen molar-refractivity contribution in [3.8, 4) is 11.5 Å². The van der Waals surface area contributed by atoms with Crippen LogP contribution in [0.25, 0.3) is 0 Å². The summed E-state index contributed by atoms with van der Waals surface area (Å²) in [4.78, 5) is 0. The summed E-state index contributed by atoms with van der Waals surface area (Å²) in [6.07, 6.45) is 8.67. The Kier molecular flexibility index (Phi) is 6.35. The lowest BCUT2D eigenvalue weighted by Gasteiger charge is -2.59. The van der Waals surface area contributed by atoms with E-state index >= 15 is 0 Å². The van der Waals surface area contributed by atoms with Crippen molar-refractivity contribution >= 4 is 23.2 Å². The Morgan fingerprint density at radius 3 is 2.28 bits per heavy atom. The summed E-state index contributed by atoms with van der Waals surface area (Å²) in [5.41, 5.74) is 2.52. The molecule has 4 fully saturated rings. The highest BCUT2D eigenvalue weighted by Gasteiger charge is 2.52. The van der Waals surface area contributed by atoms with E-state index in [4.69, 9.17) is 32.7 Å². The largest absolute Gasteiger partial charge is 0.493 e. The van der Waals surface area contributed by atoms with Crippen LogP contribution in [0, 0.1) is 23.2 Å². The van der Waals surface area contributed by atoms with E-state index in [1.807, 2.05) is 36.4 Å². The molecule has 3 nitrogen and oxygen atoms in total. The molecule has 0 aromatic heterocycles. The van der Waals surface area contributed by atoms with Gasteiger partial charge in [-0.2, -0.15) is 0 Å². The molecular formula is C27H33Cl2NO2. The van der Waals surface area contributed by atoms with E-state index in [1.54, 1.807) is 7.11 Å². The molecular weight excluding hydrogens is 441 g/mol. The third-order valence-electron chi connectivity index (χ3n) is 8.24. The number of hydrogen-bond acceptors (Lipinski definition) is 3. The number of nitrogens with one attached hydrogen (secondary N) is 1. The minimum atomic E-state index is 0.344. The van der Waals surface area contributed by atoms with Gasteiger partial charge in [0.15, 0.2) is 11.5 Å². The number of benzene rings is 2. The molecule has 0 amide bonds. The number of ether oxygens (including phenoxy) is 2. The van der Waals surface area contributed by atoms with Crippen molar-refractivity contribution in [2.75, 3.05) is 7.11 Å². The average Bonchev–Trinajstić information content (AvgIpc) is 2.76. The standard InChI is InChI=1S/C27H33Cl2NO2/c1-17(27-12-18-7-19(13-27)9-20(8-18)14-27)30-15-21-10-24(29)26(25(11-21)31-2)32-16-22-5-3-4-6-23(22)28/h3-6,10-11,17-20,30H,7-9,12-16H2,1-2H3. The normalized spacial score (nSPS) is 29.2. The Morgan fingerprint density at radius 1 is 1.00 bits per heavy atom. The molecule has 1 unspecified atom stereocenters. The lowest BCUT2D eigenvalue weighted by Crippen LogP contribution is -2.54. The monoisotopic (exact) mass is 473 g/mol. The topological polar surface area (TPSA) is 30.5 Å². The summed E-state index contributed by atoms with van der Waals surface area (Å²) < 4.78 is 11.6. The molecule has 0 heterocycles. The number of hydrogen-bond donors (Lipinski definition) is 1. The van der Waals surface area contributed by atoms with Crippen LogP contribution in [0.4, 0.5) is 0 Å². The van der Waals surface area contributed by atoms with Gasteiger partial charge >= 0.3 is 0 Å². The molecule has 2 aromatic carbocycles. The Morgan fingerprint density at radius 2 is 1.66 bits per heavy atom. The quantitative estimate of drug-likeness (QED) is 0.436. The Hall–Kier alpha value is -1.42. The van der Waals surface area contributed by atoms with Gasteiger partial charge in [0.25, 0.3) is 0 Å². The van der Waals surface area contributed by atoms with Crippen LogP contribution in [-0.2, 0) is 13.2 Å². The predicted molar refractivity (Wildman–Crippen MR) is 131 cm³/mol. The van der Waals surface area contributed by atoms with Gasteiger partial charge in [0.05, 0.1) is 12.1 Å². The third kappa shape index (κ3) is 4.36. The van der Waals surface area contributed by atoms with Crippen LogP contribution >= 0.6 is 23.2 Å². The SMILES string of the molecule is COc1cc(CNC(C)C23CC4CC(CC(C4)C2)C3)cc(Cl)c1OCc1ccccc1Cl. The van der Waals surface area contributed by atoms with E-state index < -0.39 is 0 Å². The predicted octanol–water partition coefficient (Wildman–Crippen LogP) is 7.28. The molecule has 4 aliphatic carbocycles. The van der Waals surface area contributed by atoms with Crippen molar-refractivity contribution in [2.24, 2.45) is 23.2 Å². The second-order valence-electron chi connectivity index (χ2n) is 10.4. The first-order valence-electron chi connectivity index (χ1n) is 11.9. The van der Waals surface area contributed by atoms with Crippen LogP contribution in [0.5, 0.6) is 11.5 Å². The highest BCUT2D eigenvalue weighted by Crippen LogP contribution is 2.61. The van der Waals surface area contributed by atoms with Gasteiger partial charge < -0.3 is 14.8 Å². The van der Waals surface area contributed by atoms with Crippen LogP contribution in [-0.4, -0.2) is 13.2 Å². The zero-order valence-electron chi connectivity index (χ0n) is 19.0. The molecule has 0 radical (unpaired) electrons. The van der Waals surface area contributed by atoms with Gasteiger partial charge in [-0.3, -0.25) is 0 Å². The van der Waals surface area contributed by atoms with Crippen molar-refractivity contribution in [1.29, 1.82) is 0 Å². The summed E-state index contributed by atoms with van der Waals surface area (Å²) in [6.45, 7) is 3.52. The van der Waals surface area contributed by atoms with E-state index in [0.29, 0.717) is 39.6 Å². The van der Waals surface area contributed by atoms with Crippen LogP contribution in [0.2, 0.25) is 10.0 Å². The van der Waals surface area contributed by atoms with Crippen molar-refractivity contribution in [2.45, 2.75) is 64.6 Å². The second-order valence-corrected chi connectivity index (χ2v) is 11.2. The van der Waals surface area contributed by atoms with Crippen molar-refractivity contribution < 1.29 is 9.47 Å². The molecule has 0 saturated heterocycles. The van der Waals surface area contributed by atoms with E-state index in [2.05, 4.69) is 12.2 Å². The number of rotatable bonds is 8. The summed E-state index contributed by atoms with van der Waals surface area (Å²) in [7, 11) is 1.66. The van der Waals surface area contributed by atoms with Gasteiger partial charge in [-0.25, -0.2) is 0 Å². The molecule has 2 aromatic rings. The van der Waals surface area contributed by atoms with E-state index in [9.17, 15) is 0 Å². The summed E-state index contributed by atoms with van der Waals surface area (Å²) in [5.74, 6) is 4.12. The van der Waals surface area contributed by atoms with Gasteiger partial charge in [-0.15, -0.1) is 0 Å². The maximum absolute atomic E-state index is 6.63. The molecule has 1 atom stereocenters. The minimum absolute atomic E-state index is 0.344. The summed E-state index contributed by atoms with van der Waals surface area (Å²) in [6, 6.07) is 12.2. The van der Waals surface area contributed by atoms with E-state index in [1.165, 1.54) is 38.5 Å². The average molecular weight is 474 g/mol. The molecule has 1 N–H and O–H groups in total. The lowest BCUT2D eigenvalue weighted by atomic mass is 9.48. The molecule has 172 valence electrons. The summed E-state index contributed by atoms with van der Waals surface area (Å²) >= 11 is 12.9. The molecule has 0 spiro atoms. The maximum atomic E-state index is 6.63. The van der Waals surface area contributed by atoms with Crippen LogP contribution in [0.15, 0.2) is 36.4 Å². The van der Waals surface area contributed by atoms with Crippen LogP contribution in [0.3, 0.4) is 0 Å². The molecule has 0 aliphatic heterocycles. The van der Waals surface area contributed by atoms with Gasteiger partial charge in [0.1, 0.15) is 6.61 Å². The van der Waals surface area contributed by atoms with Crippen molar-refractivity contribution in [1.82, 2.24) is 5.32 Å². The first-order valence-corrected chi connectivity index (χ1v) is 12.7. The lowest BCUT2D eigenvalue weighted by molar-refractivity contribution is -0.0706. The highest BCUT2D eigenvalue weighted by atomic mass is 35.5. The molecule has 4 bridgehead atoms. The number of methoxy groups -OCH3 is 1. The van der Waals surface area contributed by atoms with E-state index in [-0.39, 0.29) is 0 Å². The van der Waals surface area contributed by atoms with Crippen LogP contribution < -0.4 is 14.8 Å². The Bertz CT molecular complexity index is 941. The van der Waals surface area contributed by atoms with Crippen LogP contribution in [0.1, 0.15) is 56.6 Å². The van der Waals surface area contributed by atoms with Gasteiger partial charge in [0.2, 0.25) is 0 Å².